The quantitative estimate of drug-likeness (QED) is 0.863. The minimum Gasteiger partial charge on any atom is -0.393 e. The summed E-state index contributed by atoms with van der Waals surface area (Å²) in [6.45, 7) is 2.54. The molecule has 0 bridgehead atoms. The van der Waals surface area contributed by atoms with Gasteiger partial charge in [-0.15, -0.1) is 0 Å². The Balaban J connectivity index is 1.96. The lowest BCUT2D eigenvalue weighted by molar-refractivity contribution is 0.0792. The molecule has 0 saturated carbocycles. The third kappa shape index (κ3) is 2.94. The fraction of sp³-hybridized carbons (Fsp3) is 0.500. The van der Waals surface area contributed by atoms with Crippen LogP contribution < -0.4 is 0 Å². The van der Waals surface area contributed by atoms with Crippen LogP contribution in [-0.2, 0) is 6.54 Å². The van der Waals surface area contributed by atoms with Crippen molar-refractivity contribution in [2.45, 2.75) is 25.5 Å². The summed E-state index contributed by atoms with van der Waals surface area (Å²) in [5.41, 5.74) is 1.02. The molecule has 1 aliphatic heterocycles. The summed E-state index contributed by atoms with van der Waals surface area (Å²) >= 11 is 5.72. The second kappa shape index (κ2) is 5.13. The molecule has 1 aromatic rings. The lowest BCUT2D eigenvalue weighted by Crippen LogP contribution is -2.35. The molecule has 2 rings (SSSR count). The molecule has 0 atom stereocenters. The number of aliphatic hydroxyl groups is 1. The van der Waals surface area contributed by atoms with Gasteiger partial charge in [0.25, 0.3) is 0 Å². The van der Waals surface area contributed by atoms with Crippen molar-refractivity contribution < 1.29 is 9.50 Å². The maximum absolute atomic E-state index is 12.9. The van der Waals surface area contributed by atoms with E-state index < -0.39 is 0 Å². The van der Waals surface area contributed by atoms with Crippen molar-refractivity contribution >= 4 is 11.6 Å². The van der Waals surface area contributed by atoms with Gasteiger partial charge in [-0.25, -0.2) is 4.39 Å². The first-order valence-electron chi connectivity index (χ1n) is 5.49. The molecule has 1 N–H and O–H groups in total. The number of halogens is 2. The first-order valence-corrected chi connectivity index (χ1v) is 5.87. The van der Waals surface area contributed by atoms with Crippen molar-refractivity contribution in [1.29, 1.82) is 0 Å². The molecule has 1 aromatic carbocycles. The van der Waals surface area contributed by atoms with E-state index in [0.717, 1.165) is 38.0 Å². The number of likely N-dealkylation sites (tertiary alicyclic amines) is 1. The second-order valence-corrected chi connectivity index (χ2v) is 4.66. The highest BCUT2D eigenvalue weighted by Crippen LogP contribution is 2.19. The number of nitrogens with zero attached hydrogens (tertiary/aromatic N) is 1. The average Bonchev–Trinajstić information content (AvgIpc) is 2.27. The van der Waals surface area contributed by atoms with Gasteiger partial charge in [-0.1, -0.05) is 17.7 Å². The number of hydrogen-bond donors (Lipinski definition) is 1. The largest absolute Gasteiger partial charge is 0.393 e. The first-order chi connectivity index (χ1) is 7.65. The molecule has 1 heterocycles. The van der Waals surface area contributed by atoms with Crippen LogP contribution in [0.1, 0.15) is 18.4 Å². The summed E-state index contributed by atoms with van der Waals surface area (Å²) in [5.74, 6) is -0.375. The van der Waals surface area contributed by atoms with E-state index in [1.807, 2.05) is 0 Å². The van der Waals surface area contributed by atoms with Crippen molar-refractivity contribution in [1.82, 2.24) is 4.90 Å². The number of benzene rings is 1. The molecule has 4 heteroatoms. The van der Waals surface area contributed by atoms with Crippen molar-refractivity contribution in [3.8, 4) is 0 Å². The molecule has 1 fully saturated rings. The Morgan fingerprint density at radius 3 is 2.69 bits per heavy atom. The predicted molar refractivity (Wildman–Crippen MR) is 61.9 cm³/mol. The molecule has 1 aliphatic rings. The molecule has 0 radical (unpaired) electrons. The molecule has 0 spiro atoms. The zero-order valence-electron chi connectivity index (χ0n) is 9.00. The number of hydrogen-bond acceptors (Lipinski definition) is 2. The van der Waals surface area contributed by atoms with Gasteiger partial charge in [-0.3, -0.25) is 4.90 Å². The third-order valence-corrected chi connectivity index (χ3v) is 3.24. The third-order valence-electron chi connectivity index (χ3n) is 2.95. The van der Waals surface area contributed by atoms with Crippen LogP contribution in [-0.4, -0.2) is 29.2 Å². The van der Waals surface area contributed by atoms with Crippen LogP contribution >= 0.6 is 11.6 Å². The highest BCUT2D eigenvalue weighted by atomic mass is 35.5. The summed E-state index contributed by atoms with van der Waals surface area (Å²) in [6.07, 6.45) is 1.47. The molecule has 0 amide bonds. The van der Waals surface area contributed by atoms with Gasteiger partial charge in [-0.2, -0.15) is 0 Å². The van der Waals surface area contributed by atoms with Crippen LogP contribution in [0.3, 0.4) is 0 Å². The molecule has 88 valence electrons. The SMILES string of the molecule is OC1CCN(Cc2ccc(F)c(Cl)c2)CC1. The lowest BCUT2D eigenvalue weighted by atomic mass is 10.1. The monoisotopic (exact) mass is 243 g/mol. The normalized spacial score (nSPS) is 18.9. The number of piperidine rings is 1. The molecule has 0 aliphatic carbocycles. The zero-order valence-corrected chi connectivity index (χ0v) is 9.75. The van der Waals surface area contributed by atoms with Crippen LogP contribution in [0, 0.1) is 5.82 Å². The van der Waals surface area contributed by atoms with E-state index in [1.54, 1.807) is 12.1 Å². The highest BCUT2D eigenvalue weighted by Gasteiger charge is 2.17. The van der Waals surface area contributed by atoms with Crippen molar-refractivity contribution in [2.75, 3.05) is 13.1 Å². The first kappa shape index (κ1) is 11.8. The van der Waals surface area contributed by atoms with E-state index in [2.05, 4.69) is 4.90 Å². The van der Waals surface area contributed by atoms with E-state index in [4.69, 9.17) is 11.6 Å². The Kier molecular flexibility index (Phi) is 3.79. The predicted octanol–water partition coefficient (Wildman–Crippen LogP) is 2.44. The fourth-order valence-electron chi connectivity index (χ4n) is 1.97. The van der Waals surface area contributed by atoms with Gasteiger partial charge in [-0.05, 0) is 30.5 Å². The van der Waals surface area contributed by atoms with Crippen LogP contribution in [0.15, 0.2) is 18.2 Å². The molecule has 0 unspecified atom stereocenters. The van der Waals surface area contributed by atoms with E-state index in [0.29, 0.717) is 0 Å². The Morgan fingerprint density at radius 1 is 1.38 bits per heavy atom. The number of rotatable bonds is 2. The van der Waals surface area contributed by atoms with Crippen LogP contribution in [0.25, 0.3) is 0 Å². The van der Waals surface area contributed by atoms with Gasteiger partial charge in [0, 0.05) is 19.6 Å². The van der Waals surface area contributed by atoms with Crippen LogP contribution in [0.2, 0.25) is 5.02 Å². The zero-order chi connectivity index (χ0) is 11.5. The summed E-state index contributed by atoms with van der Waals surface area (Å²) in [5, 5.41) is 9.55. The van der Waals surface area contributed by atoms with E-state index in [1.165, 1.54) is 6.07 Å². The lowest BCUT2D eigenvalue weighted by Gasteiger charge is -2.29. The van der Waals surface area contributed by atoms with Crippen molar-refractivity contribution in [3.05, 3.63) is 34.6 Å². The molecular weight excluding hydrogens is 229 g/mol. The summed E-state index contributed by atoms with van der Waals surface area (Å²) < 4.78 is 12.9. The Morgan fingerprint density at radius 2 is 2.06 bits per heavy atom. The Labute approximate surface area is 99.6 Å². The van der Waals surface area contributed by atoms with Crippen molar-refractivity contribution in [3.63, 3.8) is 0 Å². The van der Waals surface area contributed by atoms with Crippen molar-refractivity contribution in [2.24, 2.45) is 0 Å². The minimum atomic E-state index is -0.375. The summed E-state index contributed by atoms with van der Waals surface area (Å²) in [4.78, 5) is 2.25. The highest BCUT2D eigenvalue weighted by molar-refractivity contribution is 6.30. The van der Waals surface area contributed by atoms with Gasteiger partial charge in [0.05, 0.1) is 11.1 Å². The topological polar surface area (TPSA) is 23.5 Å². The van der Waals surface area contributed by atoms with Crippen LogP contribution in [0.5, 0.6) is 0 Å². The molecular formula is C12H15ClFNO. The van der Waals surface area contributed by atoms with Gasteiger partial charge in [0.1, 0.15) is 5.82 Å². The number of aliphatic hydroxyl groups excluding tert-OH is 1. The molecule has 0 aromatic heterocycles. The van der Waals surface area contributed by atoms with Gasteiger partial charge >= 0.3 is 0 Å². The smallest absolute Gasteiger partial charge is 0.141 e. The summed E-state index contributed by atoms with van der Waals surface area (Å²) in [7, 11) is 0. The maximum Gasteiger partial charge on any atom is 0.141 e. The molecule has 1 saturated heterocycles. The fourth-order valence-corrected chi connectivity index (χ4v) is 2.18. The maximum atomic E-state index is 12.9. The van der Waals surface area contributed by atoms with E-state index in [-0.39, 0.29) is 16.9 Å². The standard InChI is InChI=1S/C12H15ClFNO/c13-11-7-9(1-2-12(11)14)8-15-5-3-10(16)4-6-15/h1-2,7,10,16H,3-6,8H2. The molecule has 16 heavy (non-hydrogen) atoms. The van der Waals surface area contributed by atoms with Gasteiger partial charge in [0.2, 0.25) is 0 Å². The van der Waals surface area contributed by atoms with E-state index >= 15 is 0 Å². The van der Waals surface area contributed by atoms with Crippen LogP contribution in [0.4, 0.5) is 4.39 Å². The van der Waals surface area contributed by atoms with Gasteiger partial charge in [0.15, 0.2) is 0 Å². The Bertz CT molecular complexity index is 364. The Hall–Kier alpha value is -0.640. The van der Waals surface area contributed by atoms with E-state index in [9.17, 15) is 9.50 Å². The minimum absolute atomic E-state index is 0.159. The summed E-state index contributed by atoms with van der Waals surface area (Å²) in [6, 6.07) is 4.82. The second-order valence-electron chi connectivity index (χ2n) is 4.26. The van der Waals surface area contributed by atoms with Gasteiger partial charge < -0.3 is 5.11 Å². The average molecular weight is 244 g/mol. The molecule has 2 nitrogen and oxygen atoms in total.